The van der Waals surface area contributed by atoms with Gasteiger partial charge in [-0.2, -0.15) is 0 Å². The first-order chi connectivity index (χ1) is 7.41. The van der Waals surface area contributed by atoms with Crippen molar-refractivity contribution >= 4 is 0 Å². The predicted molar refractivity (Wildman–Crippen MR) is 68.4 cm³/mol. The molecule has 1 saturated heterocycles. The highest BCUT2D eigenvalue weighted by molar-refractivity contribution is 5.11. The van der Waals surface area contributed by atoms with E-state index < -0.39 is 0 Å². The van der Waals surface area contributed by atoms with Gasteiger partial charge in [-0.25, -0.2) is 0 Å². The van der Waals surface area contributed by atoms with Crippen LogP contribution in [0.15, 0.2) is 23.8 Å². The lowest BCUT2D eigenvalue weighted by Crippen LogP contribution is -2.09. The zero-order valence-electron chi connectivity index (χ0n) is 11.0. The fraction of sp³-hybridized carbons (Fsp3) is 0.733. The number of epoxide rings is 1. The van der Waals surface area contributed by atoms with Crippen molar-refractivity contribution in [1.29, 1.82) is 0 Å². The van der Waals surface area contributed by atoms with Gasteiger partial charge in [0.05, 0.1) is 11.7 Å². The summed E-state index contributed by atoms with van der Waals surface area (Å²) in [5.41, 5.74) is 1.94. The molecule has 0 radical (unpaired) electrons. The molecule has 1 heterocycles. The number of allylic oxidation sites excluding steroid dienone is 3. The first-order valence-electron chi connectivity index (χ1n) is 6.42. The Kier molecular flexibility index (Phi) is 3.00. The van der Waals surface area contributed by atoms with Crippen LogP contribution in [0.25, 0.3) is 0 Å². The Balaban J connectivity index is 2.11. The maximum atomic E-state index is 5.82. The van der Waals surface area contributed by atoms with Crippen molar-refractivity contribution in [3.8, 4) is 0 Å². The molecule has 2 rings (SSSR count). The summed E-state index contributed by atoms with van der Waals surface area (Å²) in [5.74, 6) is 0. The quantitative estimate of drug-likeness (QED) is 0.439. The lowest BCUT2D eigenvalue weighted by atomic mass is 9.87. The van der Waals surface area contributed by atoms with Gasteiger partial charge in [0.25, 0.3) is 0 Å². The molecule has 1 heteroatoms. The lowest BCUT2D eigenvalue weighted by molar-refractivity contribution is 0.306. The highest BCUT2D eigenvalue weighted by Crippen LogP contribution is 2.43. The zero-order chi connectivity index (χ0) is 11.8. The molecular weight excluding hydrogens is 196 g/mol. The minimum absolute atomic E-state index is 0.136. The van der Waals surface area contributed by atoms with Crippen LogP contribution < -0.4 is 0 Å². The summed E-state index contributed by atoms with van der Waals surface area (Å²) in [6, 6.07) is 0. The first kappa shape index (κ1) is 11.9. The topological polar surface area (TPSA) is 12.5 Å². The summed E-state index contributed by atoms with van der Waals surface area (Å²) >= 11 is 0. The fourth-order valence-electron chi connectivity index (χ4n) is 2.41. The van der Waals surface area contributed by atoms with Crippen LogP contribution >= 0.6 is 0 Å². The number of ether oxygens (including phenoxy) is 1. The van der Waals surface area contributed by atoms with Crippen molar-refractivity contribution in [2.45, 2.75) is 65.1 Å². The zero-order valence-corrected chi connectivity index (χ0v) is 11.0. The summed E-state index contributed by atoms with van der Waals surface area (Å²) in [4.78, 5) is 0. The SMILES string of the molecule is CC1=CCC(C)(C)/C=C/C[C@@]2(C)O[C@@H]2CC1. The molecule has 1 aliphatic heterocycles. The van der Waals surface area contributed by atoms with Gasteiger partial charge in [0.2, 0.25) is 0 Å². The van der Waals surface area contributed by atoms with E-state index in [0.717, 1.165) is 12.8 Å². The third-order valence-corrected chi connectivity index (χ3v) is 3.91. The van der Waals surface area contributed by atoms with Crippen LogP contribution in [0.5, 0.6) is 0 Å². The minimum Gasteiger partial charge on any atom is -0.366 e. The minimum atomic E-state index is 0.136. The second kappa shape index (κ2) is 4.03. The van der Waals surface area contributed by atoms with Crippen LogP contribution in [0.2, 0.25) is 0 Å². The molecule has 1 fully saturated rings. The monoisotopic (exact) mass is 220 g/mol. The molecule has 0 aromatic heterocycles. The van der Waals surface area contributed by atoms with Crippen molar-refractivity contribution in [2.75, 3.05) is 0 Å². The maximum absolute atomic E-state index is 5.82. The lowest BCUT2D eigenvalue weighted by Gasteiger charge is -2.18. The van der Waals surface area contributed by atoms with Crippen molar-refractivity contribution in [3.05, 3.63) is 23.8 Å². The van der Waals surface area contributed by atoms with E-state index in [1.54, 1.807) is 0 Å². The van der Waals surface area contributed by atoms with Gasteiger partial charge in [-0.05, 0) is 44.9 Å². The van der Waals surface area contributed by atoms with Gasteiger partial charge >= 0.3 is 0 Å². The summed E-state index contributed by atoms with van der Waals surface area (Å²) in [6.45, 7) is 9.10. The molecule has 16 heavy (non-hydrogen) atoms. The van der Waals surface area contributed by atoms with Crippen molar-refractivity contribution in [1.82, 2.24) is 0 Å². The average Bonchev–Trinajstić information content (AvgIpc) is 2.82. The Hall–Kier alpha value is -0.560. The van der Waals surface area contributed by atoms with Gasteiger partial charge in [0.1, 0.15) is 0 Å². The molecule has 0 spiro atoms. The fourth-order valence-corrected chi connectivity index (χ4v) is 2.41. The Labute approximate surface area is 99.6 Å². The van der Waals surface area contributed by atoms with Crippen molar-refractivity contribution < 1.29 is 4.74 Å². The van der Waals surface area contributed by atoms with Gasteiger partial charge < -0.3 is 4.74 Å². The third kappa shape index (κ3) is 2.76. The predicted octanol–water partition coefficient (Wildman–Crippen LogP) is 4.25. The second-order valence-corrected chi connectivity index (χ2v) is 6.31. The van der Waals surface area contributed by atoms with Crippen LogP contribution in [0.1, 0.15) is 53.4 Å². The van der Waals surface area contributed by atoms with Crippen LogP contribution in [0.3, 0.4) is 0 Å². The molecule has 0 amide bonds. The molecular formula is C15H24O. The van der Waals surface area contributed by atoms with Gasteiger partial charge in [-0.3, -0.25) is 0 Å². The molecule has 0 aromatic rings. The number of hydrogen-bond donors (Lipinski definition) is 0. The van der Waals surface area contributed by atoms with Crippen LogP contribution in [0, 0.1) is 5.41 Å². The average molecular weight is 220 g/mol. The Morgan fingerprint density at radius 1 is 1.25 bits per heavy atom. The molecule has 1 nitrogen and oxygen atoms in total. The highest BCUT2D eigenvalue weighted by atomic mass is 16.6. The largest absolute Gasteiger partial charge is 0.366 e. The van der Waals surface area contributed by atoms with Crippen molar-refractivity contribution in [2.24, 2.45) is 5.41 Å². The van der Waals surface area contributed by atoms with Gasteiger partial charge in [-0.1, -0.05) is 37.6 Å². The van der Waals surface area contributed by atoms with E-state index in [-0.39, 0.29) is 11.0 Å². The van der Waals surface area contributed by atoms with Gasteiger partial charge in [0, 0.05) is 0 Å². The smallest absolute Gasteiger partial charge is 0.0954 e. The van der Waals surface area contributed by atoms with E-state index in [4.69, 9.17) is 4.74 Å². The number of rotatable bonds is 0. The summed E-state index contributed by atoms with van der Waals surface area (Å²) < 4.78 is 5.82. The van der Waals surface area contributed by atoms with Crippen LogP contribution in [-0.4, -0.2) is 11.7 Å². The molecule has 0 N–H and O–H groups in total. The number of hydrogen-bond acceptors (Lipinski definition) is 1. The Morgan fingerprint density at radius 2 is 2.00 bits per heavy atom. The van der Waals surface area contributed by atoms with Crippen LogP contribution in [0.4, 0.5) is 0 Å². The molecule has 0 saturated carbocycles. The van der Waals surface area contributed by atoms with Gasteiger partial charge in [-0.15, -0.1) is 0 Å². The summed E-state index contributed by atoms with van der Waals surface area (Å²) in [7, 11) is 0. The van der Waals surface area contributed by atoms with Crippen LogP contribution in [-0.2, 0) is 4.74 Å². The van der Waals surface area contributed by atoms with E-state index in [1.165, 1.54) is 18.4 Å². The summed E-state index contributed by atoms with van der Waals surface area (Å²) in [6.07, 6.45) is 12.2. The van der Waals surface area contributed by atoms with Crippen molar-refractivity contribution in [3.63, 3.8) is 0 Å². The third-order valence-electron chi connectivity index (χ3n) is 3.91. The first-order valence-corrected chi connectivity index (χ1v) is 6.42. The standard InChI is InChI=1S/C15H24O/c1-12-6-7-13-15(4,16-13)10-5-9-14(2,3)11-8-12/h5,8-9,13H,6-7,10-11H2,1-4H3/b9-5+,12-8?/t13-,15-/m1/s1. The molecule has 90 valence electrons. The second-order valence-electron chi connectivity index (χ2n) is 6.31. The molecule has 2 atom stereocenters. The summed E-state index contributed by atoms with van der Waals surface area (Å²) in [5, 5.41) is 0. The molecule has 0 unspecified atom stereocenters. The molecule has 0 aromatic carbocycles. The molecule has 0 bridgehead atoms. The van der Waals surface area contributed by atoms with E-state index >= 15 is 0 Å². The Bertz CT molecular complexity index is 324. The highest BCUT2D eigenvalue weighted by Gasteiger charge is 2.50. The Morgan fingerprint density at radius 3 is 2.75 bits per heavy atom. The van der Waals surface area contributed by atoms with E-state index in [9.17, 15) is 0 Å². The van der Waals surface area contributed by atoms with Gasteiger partial charge in [0.15, 0.2) is 0 Å². The molecule has 1 aliphatic carbocycles. The normalized spacial score (nSPS) is 40.2. The van der Waals surface area contributed by atoms with E-state index in [2.05, 4.69) is 45.9 Å². The maximum Gasteiger partial charge on any atom is 0.0954 e. The van der Waals surface area contributed by atoms with E-state index in [1.807, 2.05) is 0 Å². The molecule has 2 aliphatic rings. The number of fused-ring (bicyclic) bond motifs is 1. The van der Waals surface area contributed by atoms with E-state index in [0.29, 0.717) is 6.10 Å².